The van der Waals surface area contributed by atoms with Crippen molar-refractivity contribution in [3.8, 4) is 5.75 Å². The minimum atomic E-state index is -1.11. The van der Waals surface area contributed by atoms with Gasteiger partial charge in [0.05, 0.1) is 24.2 Å². The number of nitrogens with two attached hydrogens (primary N) is 1. The highest BCUT2D eigenvalue weighted by Gasteiger charge is 2.64. The van der Waals surface area contributed by atoms with Crippen molar-refractivity contribution in [2.45, 2.75) is 101 Å². The third-order valence-electron chi connectivity index (χ3n) is 12.5. The molecule has 0 bridgehead atoms. The summed E-state index contributed by atoms with van der Waals surface area (Å²) >= 11 is 0. The number of carbonyl (C=O) groups is 2. The van der Waals surface area contributed by atoms with Gasteiger partial charge in [-0.05, 0) is 80.9 Å². The van der Waals surface area contributed by atoms with E-state index in [9.17, 15) is 14.4 Å². The first-order valence-electron chi connectivity index (χ1n) is 18.3. The number of esters is 1. The highest BCUT2D eigenvalue weighted by atomic mass is 33.1. The highest BCUT2D eigenvalue weighted by molar-refractivity contribution is 8.77. The lowest BCUT2D eigenvalue weighted by atomic mass is 9.61. The van der Waals surface area contributed by atoms with E-state index in [1.807, 2.05) is 47.6 Å². The Morgan fingerprint density at radius 1 is 1.22 bits per heavy atom. The summed E-state index contributed by atoms with van der Waals surface area (Å²) in [6.45, 7) is 9.08. The van der Waals surface area contributed by atoms with Crippen molar-refractivity contribution in [1.29, 1.82) is 0 Å². The second kappa shape index (κ2) is 12.8. The molecule has 4 aliphatic heterocycles. The van der Waals surface area contributed by atoms with Crippen LogP contribution < -0.4 is 21.4 Å². The zero-order valence-electron chi connectivity index (χ0n) is 29.8. The van der Waals surface area contributed by atoms with Crippen molar-refractivity contribution in [2.75, 3.05) is 18.8 Å². The Bertz CT molecular complexity index is 1990. The fraction of sp³-hybridized carbons (Fsp3) is 0.525. The van der Waals surface area contributed by atoms with Gasteiger partial charge in [-0.25, -0.2) is 9.59 Å². The van der Waals surface area contributed by atoms with Gasteiger partial charge >= 0.3 is 11.6 Å². The molecule has 1 saturated carbocycles. The Kier molecular flexibility index (Phi) is 8.68. The molecular formula is C40H47N3O6S2. The number of dihydropyridines is 1. The molecule has 8 rings (SSSR count). The van der Waals surface area contributed by atoms with Gasteiger partial charge in [0.15, 0.2) is 11.2 Å². The minimum Gasteiger partial charge on any atom is -0.481 e. The second-order valence-corrected chi connectivity index (χ2v) is 18.1. The molecule has 1 saturated heterocycles. The molecular weight excluding hydrogens is 683 g/mol. The molecule has 6 aliphatic rings. The van der Waals surface area contributed by atoms with Crippen LogP contribution in [0, 0.1) is 11.8 Å². The molecule has 2 fully saturated rings. The van der Waals surface area contributed by atoms with Crippen molar-refractivity contribution in [2.24, 2.45) is 17.6 Å². The van der Waals surface area contributed by atoms with Gasteiger partial charge < -0.3 is 29.8 Å². The first-order valence-corrected chi connectivity index (χ1v) is 20.7. The van der Waals surface area contributed by atoms with Crippen LogP contribution in [0.2, 0.25) is 0 Å². The van der Waals surface area contributed by atoms with Gasteiger partial charge in [0.2, 0.25) is 5.91 Å². The summed E-state index contributed by atoms with van der Waals surface area (Å²) in [4.78, 5) is 42.5. The number of hydrogen-bond acceptors (Lipinski definition) is 10. The number of amides is 1. The number of rotatable bonds is 3. The maximum atomic E-state index is 14.5. The summed E-state index contributed by atoms with van der Waals surface area (Å²) in [5, 5.41) is 4.12. The summed E-state index contributed by atoms with van der Waals surface area (Å²) < 4.78 is 19.5. The van der Waals surface area contributed by atoms with Crippen molar-refractivity contribution in [1.82, 2.24) is 10.2 Å². The van der Waals surface area contributed by atoms with Gasteiger partial charge in [0.25, 0.3) is 0 Å². The number of fused-ring (bicyclic) bond motifs is 7. The molecule has 11 heteroatoms. The fourth-order valence-corrected chi connectivity index (χ4v) is 13.3. The fourth-order valence-electron chi connectivity index (χ4n) is 9.58. The molecule has 5 heterocycles. The van der Waals surface area contributed by atoms with Crippen molar-refractivity contribution in [3.63, 3.8) is 0 Å². The van der Waals surface area contributed by atoms with Gasteiger partial charge in [-0.15, -0.1) is 0 Å². The van der Waals surface area contributed by atoms with Gasteiger partial charge in [-0.3, -0.25) is 4.79 Å². The Balaban J connectivity index is 1.31. The number of allylic oxidation sites excluding steroid dienone is 2. The van der Waals surface area contributed by atoms with Crippen LogP contribution in [-0.4, -0.2) is 57.6 Å². The lowest BCUT2D eigenvalue weighted by molar-refractivity contribution is -0.186. The van der Waals surface area contributed by atoms with Crippen LogP contribution in [-0.2, 0) is 20.7 Å². The number of hydrogen-bond donors (Lipinski definition) is 2. The minimum absolute atomic E-state index is 0.0331. The Labute approximate surface area is 306 Å². The lowest BCUT2D eigenvalue weighted by Crippen LogP contribution is -2.67. The molecule has 1 aromatic carbocycles. The van der Waals surface area contributed by atoms with Crippen molar-refractivity contribution >= 4 is 44.4 Å². The largest absolute Gasteiger partial charge is 0.481 e. The standard InChI is InChI=1S/C40H47N3O6S2/c1-5-23(3)37(46)49-38(4)14-11-26-22-50-51-39(12-7-8-13-39)36-24(6-2)21-43(36)33(44)16-28-20-42-32(41)17-29(28)35(26)40(38)19-27-15-25-9-10-34(45)47-30(25)18-31(27)48-40/h5,9-11,15,17-18,24,35-36,42H,6-8,12-14,16,19-22,41H2,1-4H3/b23-5+/t24-,35+,36-,38-,40-/m1/s1. The van der Waals surface area contributed by atoms with E-state index in [1.54, 1.807) is 25.1 Å². The van der Waals surface area contributed by atoms with Crippen molar-refractivity contribution in [3.05, 3.63) is 86.6 Å². The first-order chi connectivity index (χ1) is 24.5. The van der Waals surface area contributed by atoms with Crippen LogP contribution in [0.1, 0.15) is 78.2 Å². The molecule has 270 valence electrons. The van der Waals surface area contributed by atoms with E-state index < -0.39 is 22.8 Å². The average Bonchev–Trinajstić information content (AvgIpc) is 3.71. The van der Waals surface area contributed by atoms with Crippen LogP contribution in [0.5, 0.6) is 5.75 Å². The zero-order chi connectivity index (χ0) is 35.7. The third-order valence-corrected chi connectivity index (χ3v) is 15.8. The molecule has 0 radical (unpaired) electrons. The van der Waals surface area contributed by atoms with Gasteiger partial charge in [-0.1, -0.05) is 59.1 Å². The molecule has 9 nitrogen and oxygen atoms in total. The Hall–Kier alpha value is -3.57. The second-order valence-electron chi connectivity index (χ2n) is 15.4. The van der Waals surface area contributed by atoms with Crippen LogP contribution in [0.25, 0.3) is 11.0 Å². The van der Waals surface area contributed by atoms with E-state index in [1.165, 1.54) is 24.5 Å². The normalized spacial score (nSPS) is 31.6. The first kappa shape index (κ1) is 34.5. The van der Waals surface area contributed by atoms with Crippen LogP contribution in [0.3, 0.4) is 0 Å². The van der Waals surface area contributed by atoms with E-state index in [0.717, 1.165) is 53.7 Å². The third kappa shape index (κ3) is 5.56. The van der Waals surface area contributed by atoms with Crippen LogP contribution in [0.15, 0.2) is 79.8 Å². The van der Waals surface area contributed by atoms with Crippen LogP contribution in [0.4, 0.5) is 0 Å². The summed E-state index contributed by atoms with van der Waals surface area (Å²) in [6, 6.07) is 7.25. The van der Waals surface area contributed by atoms with E-state index in [0.29, 0.717) is 48.0 Å². The number of carbonyl (C=O) groups excluding carboxylic acids is 2. The van der Waals surface area contributed by atoms with E-state index in [4.69, 9.17) is 19.6 Å². The Morgan fingerprint density at radius 3 is 2.78 bits per heavy atom. The number of nitrogens with one attached hydrogen (secondary N) is 1. The topological polar surface area (TPSA) is 124 Å². The van der Waals surface area contributed by atoms with Crippen molar-refractivity contribution < 1.29 is 23.5 Å². The number of benzene rings is 1. The number of ether oxygens (including phenoxy) is 2. The predicted octanol–water partition coefficient (Wildman–Crippen LogP) is 6.72. The molecule has 5 atom stereocenters. The van der Waals surface area contributed by atoms with E-state index >= 15 is 0 Å². The molecule has 3 N–H and O–H groups in total. The molecule has 0 unspecified atom stereocenters. The van der Waals surface area contributed by atoms with E-state index in [2.05, 4.69) is 23.2 Å². The molecule has 2 spiro atoms. The highest BCUT2D eigenvalue weighted by Crippen LogP contribution is 2.60. The van der Waals surface area contributed by atoms with Gasteiger partial charge in [-0.2, -0.15) is 0 Å². The van der Waals surface area contributed by atoms with Crippen LogP contribution >= 0.6 is 21.6 Å². The molecule has 1 aromatic heterocycles. The lowest BCUT2D eigenvalue weighted by Gasteiger charge is -2.56. The monoisotopic (exact) mass is 729 g/mol. The zero-order valence-corrected chi connectivity index (χ0v) is 31.5. The molecule has 2 aromatic rings. The Morgan fingerprint density at radius 2 is 2.02 bits per heavy atom. The quantitative estimate of drug-likeness (QED) is 0.116. The molecule has 51 heavy (non-hydrogen) atoms. The summed E-state index contributed by atoms with van der Waals surface area (Å²) in [5.41, 5.74) is 8.95. The van der Waals surface area contributed by atoms with Gasteiger partial charge in [0.1, 0.15) is 11.3 Å². The maximum absolute atomic E-state index is 14.5. The van der Waals surface area contributed by atoms with Gasteiger partial charge in [0, 0.05) is 59.5 Å². The number of nitrogens with zero attached hydrogens (tertiary/aromatic N) is 1. The predicted molar refractivity (Wildman–Crippen MR) is 202 cm³/mol. The summed E-state index contributed by atoms with van der Waals surface area (Å²) in [5.74, 6) is 1.77. The summed E-state index contributed by atoms with van der Waals surface area (Å²) in [7, 11) is 3.89. The van der Waals surface area contributed by atoms with E-state index in [-0.39, 0.29) is 29.0 Å². The maximum Gasteiger partial charge on any atom is 0.336 e. The average molecular weight is 730 g/mol. The summed E-state index contributed by atoms with van der Waals surface area (Å²) in [6.07, 6.45) is 12.9. The molecule has 2 aliphatic carbocycles. The smallest absolute Gasteiger partial charge is 0.336 e. The molecule has 1 amide bonds. The SMILES string of the molecule is C/C=C(\C)C(=O)O[C@]1(C)CC=C2CSSC3(CCCC3)[C@H]3[C@H](CC)CN3C(=O)CC3=C(C=C(N)NC3)[C@H]2[C@]12Cc1cc3ccc(=O)oc3cc1O2.